The van der Waals surface area contributed by atoms with Gasteiger partial charge in [0.05, 0.1) is 22.8 Å². The van der Waals surface area contributed by atoms with Crippen LogP contribution in [-0.4, -0.2) is 29.5 Å². The number of hydrogen-bond donors (Lipinski definition) is 0. The third-order valence-electron chi connectivity index (χ3n) is 10.0. The molecule has 0 amide bonds. The van der Waals surface area contributed by atoms with Gasteiger partial charge in [-0.25, -0.2) is 19.3 Å². The molecule has 0 radical (unpaired) electrons. The highest BCUT2D eigenvalue weighted by Crippen LogP contribution is 2.36. The fourth-order valence-electron chi connectivity index (χ4n) is 7.01. The fraction of sp³-hybridized carbons (Fsp3) is 0.192. The SMILES string of the molecule is CC(C)(C)c1ccccc1Oc1ncccc1Cc1cc(C#N)n(-c2ccccc2)n1.CC(C)(C)c1ccccc1Oc1ncccc1Cc1cc(C#N)nn1-c1ccccc1. The van der Waals surface area contributed by atoms with Gasteiger partial charge in [0.15, 0.2) is 5.69 Å². The minimum absolute atomic E-state index is 0.0539. The number of benzene rings is 4. The molecule has 0 N–H and O–H groups in total. The summed E-state index contributed by atoms with van der Waals surface area (Å²) in [6, 6.07) is 51.3. The molecule has 4 aromatic heterocycles. The highest BCUT2D eigenvalue weighted by Gasteiger charge is 2.22. The first-order chi connectivity index (χ1) is 29.9. The minimum Gasteiger partial charge on any atom is -0.438 e. The maximum Gasteiger partial charge on any atom is 0.222 e. The summed E-state index contributed by atoms with van der Waals surface area (Å²) in [5, 5.41) is 28.1. The average molecular weight is 817 g/mol. The van der Waals surface area contributed by atoms with E-state index in [2.05, 4.69) is 86.0 Å². The molecule has 0 atom stereocenters. The van der Waals surface area contributed by atoms with Gasteiger partial charge < -0.3 is 9.47 Å². The van der Waals surface area contributed by atoms with Crippen LogP contribution >= 0.6 is 0 Å². The van der Waals surface area contributed by atoms with Crippen molar-refractivity contribution in [3.8, 4) is 46.8 Å². The van der Waals surface area contributed by atoms with Gasteiger partial charge >= 0.3 is 0 Å². The highest BCUT2D eigenvalue weighted by molar-refractivity contribution is 5.46. The number of nitriles is 2. The van der Waals surface area contributed by atoms with Crippen molar-refractivity contribution in [2.45, 2.75) is 65.2 Å². The Morgan fingerprint density at radius 1 is 0.516 bits per heavy atom. The van der Waals surface area contributed by atoms with Crippen LogP contribution in [0.5, 0.6) is 23.3 Å². The van der Waals surface area contributed by atoms with Crippen LogP contribution in [0.1, 0.15) is 86.6 Å². The van der Waals surface area contributed by atoms with Crippen LogP contribution < -0.4 is 9.47 Å². The fourth-order valence-corrected chi connectivity index (χ4v) is 7.01. The van der Waals surface area contributed by atoms with E-state index in [1.165, 1.54) is 0 Å². The zero-order valence-electron chi connectivity index (χ0n) is 35.8. The number of rotatable bonds is 10. The lowest BCUT2D eigenvalue weighted by Crippen LogP contribution is -2.12. The molecular weight excluding hydrogens is 769 g/mol. The number of pyridine rings is 2. The molecule has 8 aromatic rings. The van der Waals surface area contributed by atoms with Crippen LogP contribution in [0.3, 0.4) is 0 Å². The topological polar surface area (TPSA) is 127 Å². The molecule has 0 saturated carbocycles. The predicted molar refractivity (Wildman–Crippen MR) is 241 cm³/mol. The summed E-state index contributed by atoms with van der Waals surface area (Å²) < 4.78 is 16.1. The molecule has 62 heavy (non-hydrogen) atoms. The zero-order chi connectivity index (χ0) is 43.7. The maximum atomic E-state index is 9.57. The Hall–Kier alpha value is -7.82. The van der Waals surface area contributed by atoms with Crippen LogP contribution in [-0.2, 0) is 23.7 Å². The van der Waals surface area contributed by atoms with E-state index in [1.54, 1.807) is 21.8 Å². The first-order valence-corrected chi connectivity index (χ1v) is 20.4. The normalized spacial score (nSPS) is 11.2. The van der Waals surface area contributed by atoms with E-state index in [-0.39, 0.29) is 10.8 Å². The second-order valence-electron chi connectivity index (χ2n) is 16.7. The van der Waals surface area contributed by atoms with Gasteiger partial charge in [-0.3, -0.25) is 0 Å². The van der Waals surface area contributed by atoms with E-state index in [4.69, 9.17) is 9.47 Å². The van der Waals surface area contributed by atoms with Crippen LogP contribution in [0.15, 0.2) is 158 Å². The van der Waals surface area contributed by atoms with E-state index in [0.717, 1.165) is 56.5 Å². The van der Waals surface area contributed by atoms with Crippen molar-refractivity contribution >= 4 is 0 Å². The summed E-state index contributed by atoms with van der Waals surface area (Å²) in [7, 11) is 0. The van der Waals surface area contributed by atoms with Gasteiger partial charge in [0.2, 0.25) is 11.8 Å². The molecule has 0 spiro atoms. The van der Waals surface area contributed by atoms with E-state index in [0.29, 0.717) is 36.0 Å². The van der Waals surface area contributed by atoms with E-state index < -0.39 is 0 Å². The summed E-state index contributed by atoms with van der Waals surface area (Å²) >= 11 is 0. The highest BCUT2D eigenvalue weighted by atomic mass is 16.5. The number of ether oxygens (including phenoxy) is 2. The zero-order valence-corrected chi connectivity index (χ0v) is 35.8. The third kappa shape index (κ3) is 10.1. The third-order valence-corrected chi connectivity index (χ3v) is 10.0. The van der Waals surface area contributed by atoms with Crippen LogP contribution in [0, 0.1) is 22.7 Å². The Kier molecular flexibility index (Phi) is 12.7. The van der Waals surface area contributed by atoms with Crippen molar-refractivity contribution in [3.63, 3.8) is 0 Å². The molecule has 0 fully saturated rings. The summed E-state index contributed by atoms with van der Waals surface area (Å²) in [6.45, 7) is 13.0. The molecule has 0 saturated heterocycles. The van der Waals surface area contributed by atoms with E-state index in [1.807, 2.05) is 133 Å². The molecule has 308 valence electrons. The smallest absolute Gasteiger partial charge is 0.222 e. The van der Waals surface area contributed by atoms with Gasteiger partial charge in [0.25, 0.3) is 0 Å². The molecule has 0 bridgehead atoms. The summed E-state index contributed by atoms with van der Waals surface area (Å²) in [6.07, 6.45) is 4.50. The summed E-state index contributed by atoms with van der Waals surface area (Å²) in [5.41, 5.74) is 8.26. The van der Waals surface area contributed by atoms with Crippen LogP contribution in [0.25, 0.3) is 11.4 Å². The number of aromatic nitrogens is 6. The number of para-hydroxylation sites is 4. The molecule has 8 rings (SSSR count). The summed E-state index contributed by atoms with van der Waals surface area (Å²) in [5.74, 6) is 2.69. The molecule has 10 heteroatoms. The molecular formula is C52H48N8O2. The monoisotopic (exact) mass is 816 g/mol. The first kappa shape index (κ1) is 42.3. The average Bonchev–Trinajstić information content (AvgIpc) is 3.89. The largest absolute Gasteiger partial charge is 0.438 e. The van der Waals surface area contributed by atoms with Crippen molar-refractivity contribution in [2.75, 3.05) is 0 Å². The predicted octanol–water partition coefficient (Wildman–Crippen LogP) is 11.6. The minimum atomic E-state index is -0.0564. The molecule has 0 aliphatic rings. The Labute approximate surface area is 363 Å². The maximum absolute atomic E-state index is 9.57. The van der Waals surface area contributed by atoms with Gasteiger partial charge in [-0.15, -0.1) is 0 Å². The van der Waals surface area contributed by atoms with E-state index >= 15 is 0 Å². The second kappa shape index (κ2) is 18.6. The molecule has 10 nitrogen and oxygen atoms in total. The van der Waals surface area contributed by atoms with Crippen LogP contribution in [0.4, 0.5) is 0 Å². The van der Waals surface area contributed by atoms with Crippen LogP contribution in [0.2, 0.25) is 0 Å². The first-order valence-electron chi connectivity index (χ1n) is 20.4. The van der Waals surface area contributed by atoms with E-state index in [9.17, 15) is 10.5 Å². The van der Waals surface area contributed by atoms with Gasteiger partial charge in [0, 0.05) is 47.5 Å². The lowest BCUT2D eigenvalue weighted by Gasteiger charge is -2.22. The second-order valence-corrected chi connectivity index (χ2v) is 16.7. The molecule has 0 aliphatic carbocycles. The lowest BCUT2D eigenvalue weighted by molar-refractivity contribution is 0.435. The summed E-state index contributed by atoms with van der Waals surface area (Å²) in [4.78, 5) is 8.98. The van der Waals surface area contributed by atoms with Crippen molar-refractivity contribution in [3.05, 3.63) is 203 Å². The Bertz CT molecular complexity index is 2850. The molecule has 4 aromatic carbocycles. The van der Waals surface area contributed by atoms with Gasteiger partial charge in [-0.2, -0.15) is 20.7 Å². The molecule has 4 heterocycles. The Morgan fingerprint density at radius 2 is 1.00 bits per heavy atom. The van der Waals surface area contributed by atoms with Crippen molar-refractivity contribution in [2.24, 2.45) is 0 Å². The molecule has 0 unspecified atom stereocenters. The Morgan fingerprint density at radius 3 is 1.50 bits per heavy atom. The number of nitrogens with zero attached hydrogens (tertiary/aromatic N) is 8. The Balaban J connectivity index is 0.000000186. The quantitative estimate of drug-likeness (QED) is 0.133. The van der Waals surface area contributed by atoms with Crippen molar-refractivity contribution < 1.29 is 9.47 Å². The van der Waals surface area contributed by atoms with Crippen molar-refractivity contribution in [1.29, 1.82) is 10.5 Å². The van der Waals surface area contributed by atoms with Gasteiger partial charge in [-0.1, -0.05) is 126 Å². The lowest BCUT2D eigenvalue weighted by atomic mass is 9.86. The van der Waals surface area contributed by atoms with Gasteiger partial charge in [0.1, 0.15) is 29.3 Å². The number of hydrogen-bond acceptors (Lipinski definition) is 8. The standard InChI is InChI=1S/2C26H24N4O/c1-26(2,3)23-13-7-8-14-24(23)31-25-19(10-9-15-28-25)16-22-17-20(18-27)29-30(22)21-11-5-4-6-12-21;1-26(2,3)23-13-7-8-14-24(23)31-25-19(10-9-15-28-25)16-20-17-22(18-27)30(29-20)21-11-5-4-6-12-21/h2*4-15,17H,16H2,1-3H3. The van der Waals surface area contributed by atoms with Crippen molar-refractivity contribution in [1.82, 2.24) is 29.5 Å². The molecule has 0 aliphatic heterocycles. The van der Waals surface area contributed by atoms with Gasteiger partial charge in [-0.05, 0) is 71.5 Å².